The van der Waals surface area contributed by atoms with Crippen molar-refractivity contribution in [2.24, 2.45) is 0 Å². The Morgan fingerprint density at radius 2 is 1.02 bits per heavy atom. The normalized spacial score (nSPS) is 15.2. The van der Waals surface area contributed by atoms with Crippen molar-refractivity contribution in [3.05, 3.63) is 109 Å². The molecular weight excluding hydrogens is 780 g/mol. The molecule has 0 saturated heterocycles. The molecule has 0 saturated carbocycles. The molecule has 0 aromatic rings. The van der Waals surface area contributed by atoms with E-state index in [0.717, 1.165) is 103 Å². The molecule has 0 aromatic heterocycles. The van der Waals surface area contributed by atoms with Gasteiger partial charge in [-0.05, 0) is 83.5 Å². The summed E-state index contributed by atoms with van der Waals surface area (Å²) in [4.78, 5) is 25.2. The van der Waals surface area contributed by atoms with Gasteiger partial charge in [0.15, 0.2) is 0 Å². The van der Waals surface area contributed by atoms with E-state index in [1.165, 1.54) is 38.5 Å². The summed E-state index contributed by atoms with van der Waals surface area (Å²) in [5.74, 6) is -0.224. The molecule has 3 unspecified atom stereocenters. The SMILES string of the molecule is CC/C=C\C/C=C\C/C=C\C/C=C\C/C=C\C/C=C\C/C=C\CCCCCCCCCCCC(=O)NC(COP(=O)([O-])OCC[N+](C)(C)C)C(O)/C=C/CC/C=C/CCCC. The number of phosphoric acid groups is 1. The fourth-order valence-corrected chi connectivity index (χ4v) is 6.68. The Bertz CT molecular complexity index is 1350. The summed E-state index contributed by atoms with van der Waals surface area (Å²) in [6.07, 6.45) is 61.7. The molecule has 3 atom stereocenters. The van der Waals surface area contributed by atoms with Crippen LogP contribution < -0.4 is 10.2 Å². The highest BCUT2D eigenvalue weighted by Gasteiger charge is 2.23. The molecule has 0 heterocycles. The van der Waals surface area contributed by atoms with Gasteiger partial charge in [-0.15, -0.1) is 0 Å². The lowest BCUT2D eigenvalue weighted by molar-refractivity contribution is -0.870. The van der Waals surface area contributed by atoms with Gasteiger partial charge in [0.2, 0.25) is 5.91 Å². The first-order valence-electron chi connectivity index (χ1n) is 23.7. The third-order valence-corrected chi connectivity index (χ3v) is 10.7. The number of carbonyl (C=O) groups is 1. The second-order valence-electron chi connectivity index (χ2n) is 16.7. The van der Waals surface area contributed by atoms with Crippen molar-refractivity contribution >= 4 is 13.7 Å². The standard InChI is InChI=1S/C52H89N2O6P/c1-6-8-10-12-14-16-17-18-19-20-21-22-23-24-25-26-27-28-29-30-31-32-33-34-35-36-37-38-40-42-44-46-52(56)53-50(49-60-61(57,58)59-48-47-54(3,4)5)51(55)45-43-41-39-15-13-11-9-7-2/h8,10,13-16,18-19,21-22,24-25,27-28,30-31,43,45,50-51,55H,6-7,9,11-12,17,20,23,26,29,32-42,44,46-49H2,1-5H3,(H-,53,56,57,58)/b10-8-,15-13+,16-14-,19-18-,22-21-,25-24-,28-27-,31-30-,45-43+. The van der Waals surface area contributed by atoms with E-state index in [4.69, 9.17) is 9.05 Å². The first-order valence-corrected chi connectivity index (χ1v) is 25.2. The van der Waals surface area contributed by atoms with Crippen molar-refractivity contribution in [2.75, 3.05) is 40.9 Å². The molecule has 0 spiro atoms. The number of aliphatic hydroxyl groups is 1. The minimum Gasteiger partial charge on any atom is -0.756 e. The van der Waals surface area contributed by atoms with Gasteiger partial charge in [-0.1, -0.05) is 181 Å². The van der Waals surface area contributed by atoms with Crippen molar-refractivity contribution in [2.45, 2.75) is 174 Å². The van der Waals surface area contributed by atoms with E-state index in [0.29, 0.717) is 17.4 Å². The monoisotopic (exact) mass is 869 g/mol. The number of amides is 1. The van der Waals surface area contributed by atoms with Crippen LogP contribution in [-0.4, -0.2) is 68.5 Å². The lowest BCUT2D eigenvalue weighted by Crippen LogP contribution is -2.45. The molecule has 0 bridgehead atoms. The first kappa shape index (κ1) is 58.2. The van der Waals surface area contributed by atoms with Gasteiger partial charge in [0.05, 0.1) is 39.9 Å². The molecule has 9 heteroatoms. The summed E-state index contributed by atoms with van der Waals surface area (Å²) in [5, 5.41) is 13.7. The van der Waals surface area contributed by atoms with Crippen molar-refractivity contribution in [1.82, 2.24) is 5.32 Å². The lowest BCUT2D eigenvalue weighted by Gasteiger charge is -2.29. The summed E-state index contributed by atoms with van der Waals surface area (Å²) in [5.41, 5.74) is 0. The molecule has 0 aliphatic carbocycles. The zero-order valence-corrected chi connectivity index (χ0v) is 40.2. The van der Waals surface area contributed by atoms with Crippen LogP contribution in [-0.2, 0) is 18.4 Å². The van der Waals surface area contributed by atoms with E-state index in [-0.39, 0.29) is 12.5 Å². The Hall–Kier alpha value is -2.84. The van der Waals surface area contributed by atoms with Crippen LogP contribution in [0, 0.1) is 0 Å². The number of hydrogen-bond acceptors (Lipinski definition) is 6. The number of nitrogens with one attached hydrogen (secondary N) is 1. The molecule has 2 N–H and O–H groups in total. The molecule has 0 aliphatic heterocycles. The number of hydrogen-bond donors (Lipinski definition) is 2. The van der Waals surface area contributed by atoms with Crippen molar-refractivity contribution in [1.29, 1.82) is 0 Å². The van der Waals surface area contributed by atoms with E-state index in [1.807, 2.05) is 27.2 Å². The minimum absolute atomic E-state index is 0.0139. The van der Waals surface area contributed by atoms with Crippen LogP contribution in [0.25, 0.3) is 0 Å². The Morgan fingerprint density at radius 3 is 1.52 bits per heavy atom. The van der Waals surface area contributed by atoms with Crippen LogP contribution in [0.1, 0.15) is 162 Å². The Balaban J connectivity index is 4.15. The van der Waals surface area contributed by atoms with Crippen LogP contribution in [0.5, 0.6) is 0 Å². The minimum atomic E-state index is -4.60. The number of aliphatic hydroxyl groups excluding tert-OH is 1. The van der Waals surface area contributed by atoms with Gasteiger partial charge in [0, 0.05) is 6.42 Å². The maximum absolute atomic E-state index is 12.8. The highest BCUT2D eigenvalue weighted by atomic mass is 31.2. The summed E-state index contributed by atoms with van der Waals surface area (Å²) < 4.78 is 23.1. The highest BCUT2D eigenvalue weighted by Crippen LogP contribution is 2.38. The van der Waals surface area contributed by atoms with E-state index < -0.39 is 26.6 Å². The third kappa shape index (κ3) is 45.0. The van der Waals surface area contributed by atoms with Gasteiger partial charge in [0.25, 0.3) is 7.82 Å². The Labute approximate surface area is 374 Å². The van der Waals surface area contributed by atoms with Crippen LogP contribution >= 0.6 is 7.82 Å². The van der Waals surface area contributed by atoms with Gasteiger partial charge in [0.1, 0.15) is 13.2 Å². The van der Waals surface area contributed by atoms with Gasteiger partial charge in [-0.3, -0.25) is 9.36 Å². The summed E-state index contributed by atoms with van der Waals surface area (Å²) in [6.45, 7) is 4.39. The Kier molecular flexibility index (Phi) is 40.5. The van der Waals surface area contributed by atoms with Gasteiger partial charge >= 0.3 is 0 Å². The molecule has 8 nitrogen and oxygen atoms in total. The maximum atomic E-state index is 12.8. The molecule has 0 rings (SSSR count). The van der Waals surface area contributed by atoms with E-state index >= 15 is 0 Å². The van der Waals surface area contributed by atoms with E-state index in [1.54, 1.807) is 6.08 Å². The van der Waals surface area contributed by atoms with Crippen LogP contribution in [0.2, 0.25) is 0 Å². The average molecular weight is 869 g/mol. The number of phosphoric ester groups is 1. The van der Waals surface area contributed by atoms with E-state index in [9.17, 15) is 19.4 Å². The zero-order valence-electron chi connectivity index (χ0n) is 39.3. The quantitative estimate of drug-likeness (QED) is 0.0274. The summed E-state index contributed by atoms with van der Waals surface area (Å²) >= 11 is 0. The summed E-state index contributed by atoms with van der Waals surface area (Å²) in [7, 11) is 1.22. The van der Waals surface area contributed by atoms with Crippen LogP contribution in [0.4, 0.5) is 0 Å². The fourth-order valence-electron chi connectivity index (χ4n) is 5.96. The van der Waals surface area contributed by atoms with Crippen molar-refractivity contribution in [3.63, 3.8) is 0 Å². The predicted octanol–water partition coefficient (Wildman–Crippen LogP) is 13.1. The number of quaternary nitrogens is 1. The van der Waals surface area contributed by atoms with Gasteiger partial charge in [-0.25, -0.2) is 0 Å². The van der Waals surface area contributed by atoms with Crippen molar-refractivity contribution in [3.8, 4) is 0 Å². The molecule has 0 aromatic carbocycles. The molecule has 0 fully saturated rings. The highest BCUT2D eigenvalue weighted by molar-refractivity contribution is 7.45. The molecule has 0 radical (unpaired) electrons. The topological polar surface area (TPSA) is 108 Å². The number of rotatable bonds is 41. The summed E-state index contributed by atoms with van der Waals surface area (Å²) in [6, 6.07) is -0.911. The zero-order chi connectivity index (χ0) is 45.0. The number of allylic oxidation sites excluding steroid dienone is 17. The van der Waals surface area contributed by atoms with E-state index in [2.05, 4.69) is 116 Å². The number of carbonyl (C=O) groups excluding carboxylic acids is 1. The number of likely N-dealkylation sites (N-methyl/N-ethyl adjacent to an activating group) is 1. The van der Waals surface area contributed by atoms with Crippen LogP contribution in [0.3, 0.4) is 0 Å². The average Bonchev–Trinajstić information content (AvgIpc) is 3.21. The fraction of sp³-hybridized carbons (Fsp3) is 0.635. The van der Waals surface area contributed by atoms with Crippen molar-refractivity contribution < 1.29 is 32.9 Å². The Morgan fingerprint density at radius 1 is 0.590 bits per heavy atom. The maximum Gasteiger partial charge on any atom is 0.268 e. The smallest absolute Gasteiger partial charge is 0.268 e. The van der Waals surface area contributed by atoms with Gasteiger partial charge < -0.3 is 28.8 Å². The molecule has 61 heavy (non-hydrogen) atoms. The second-order valence-corrected chi connectivity index (χ2v) is 18.1. The first-order chi connectivity index (χ1) is 29.5. The lowest BCUT2D eigenvalue weighted by atomic mass is 10.1. The van der Waals surface area contributed by atoms with Crippen LogP contribution in [0.15, 0.2) is 109 Å². The number of nitrogens with zero attached hydrogens (tertiary/aromatic N) is 1. The number of unbranched alkanes of at least 4 members (excludes halogenated alkanes) is 12. The van der Waals surface area contributed by atoms with Gasteiger partial charge in [-0.2, -0.15) is 0 Å². The third-order valence-electron chi connectivity index (χ3n) is 9.72. The second kappa shape index (κ2) is 42.5. The molecular formula is C52H89N2O6P. The molecule has 348 valence electrons. The predicted molar refractivity (Wildman–Crippen MR) is 260 cm³/mol. The largest absolute Gasteiger partial charge is 0.756 e. The molecule has 1 amide bonds. The molecule has 0 aliphatic rings.